The van der Waals surface area contributed by atoms with Crippen LogP contribution in [0.5, 0.6) is 0 Å². The van der Waals surface area contributed by atoms with E-state index >= 15 is 0 Å². The van der Waals surface area contributed by atoms with Crippen LogP contribution >= 0.6 is 11.6 Å². The van der Waals surface area contributed by atoms with Crippen LogP contribution in [0.1, 0.15) is 12.2 Å². The molecule has 0 radical (unpaired) electrons. The molecule has 0 aliphatic carbocycles. The minimum absolute atomic E-state index is 0.00719. The Morgan fingerprint density at radius 2 is 2.47 bits per heavy atom. The van der Waals surface area contributed by atoms with E-state index in [2.05, 4.69) is 5.32 Å². The molecule has 0 aliphatic rings. The van der Waals surface area contributed by atoms with Gasteiger partial charge in [-0.3, -0.25) is 4.79 Å². The Morgan fingerprint density at radius 3 is 3.13 bits per heavy atom. The first-order valence-corrected chi connectivity index (χ1v) is 5.29. The molecule has 0 spiro atoms. The summed E-state index contributed by atoms with van der Waals surface area (Å²) in [6, 6.07) is 3.68. The summed E-state index contributed by atoms with van der Waals surface area (Å²) < 4.78 is 10.4. The van der Waals surface area contributed by atoms with E-state index in [1.54, 1.807) is 6.26 Å². The second-order valence-corrected chi connectivity index (χ2v) is 3.24. The van der Waals surface area contributed by atoms with Crippen LogP contribution in [0.3, 0.4) is 0 Å². The lowest BCUT2D eigenvalue weighted by molar-refractivity contribution is -0.118. The van der Waals surface area contributed by atoms with Crippen LogP contribution in [-0.4, -0.2) is 24.9 Å². The standard InChI is InChI=1S/C10H14ClNO3/c11-7-10(13)12-4-2-5-14-8-9-3-1-6-15-9/h1,3,6H,2,4-5,7-8H2,(H,12,13). The second kappa shape index (κ2) is 7.31. The molecule has 1 aromatic heterocycles. The zero-order valence-corrected chi connectivity index (χ0v) is 9.13. The minimum Gasteiger partial charge on any atom is -0.467 e. The lowest BCUT2D eigenvalue weighted by Crippen LogP contribution is -2.26. The van der Waals surface area contributed by atoms with Gasteiger partial charge in [-0.05, 0) is 18.6 Å². The van der Waals surface area contributed by atoms with Gasteiger partial charge in [-0.25, -0.2) is 0 Å². The maximum atomic E-state index is 10.7. The Labute approximate surface area is 93.5 Å². The number of hydrogen-bond donors (Lipinski definition) is 1. The Hall–Kier alpha value is -1.00. The molecule has 1 aromatic rings. The van der Waals surface area contributed by atoms with Gasteiger partial charge in [0.2, 0.25) is 5.91 Å². The van der Waals surface area contributed by atoms with E-state index in [4.69, 9.17) is 20.8 Å². The molecular weight excluding hydrogens is 218 g/mol. The van der Waals surface area contributed by atoms with E-state index < -0.39 is 0 Å². The first-order valence-electron chi connectivity index (χ1n) is 4.75. The van der Waals surface area contributed by atoms with Crippen LogP contribution in [-0.2, 0) is 16.1 Å². The summed E-state index contributed by atoms with van der Waals surface area (Å²) in [4.78, 5) is 10.7. The third-order valence-corrected chi connectivity index (χ3v) is 1.98. The SMILES string of the molecule is O=C(CCl)NCCCOCc1ccco1. The molecule has 1 N–H and O–H groups in total. The molecule has 1 heterocycles. The minimum atomic E-state index is -0.150. The molecule has 0 fully saturated rings. The second-order valence-electron chi connectivity index (χ2n) is 2.97. The number of rotatable bonds is 7. The fourth-order valence-electron chi connectivity index (χ4n) is 1.02. The number of furan rings is 1. The molecule has 5 heteroatoms. The Balaban J connectivity index is 1.91. The third-order valence-electron chi connectivity index (χ3n) is 1.73. The molecule has 84 valence electrons. The van der Waals surface area contributed by atoms with Crippen LogP contribution in [0.4, 0.5) is 0 Å². The van der Waals surface area contributed by atoms with Crippen LogP contribution in [0.15, 0.2) is 22.8 Å². The predicted molar refractivity (Wildman–Crippen MR) is 56.7 cm³/mol. The molecule has 0 bridgehead atoms. The largest absolute Gasteiger partial charge is 0.467 e. The number of alkyl halides is 1. The Kier molecular flexibility index (Phi) is 5.88. The van der Waals surface area contributed by atoms with Gasteiger partial charge in [0.05, 0.1) is 6.26 Å². The normalized spacial score (nSPS) is 10.2. The van der Waals surface area contributed by atoms with Crippen LogP contribution in [0.2, 0.25) is 0 Å². The third kappa shape index (κ3) is 5.44. The molecule has 0 saturated heterocycles. The van der Waals surface area contributed by atoms with Crippen molar-refractivity contribution in [3.05, 3.63) is 24.2 Å². The molecule has 0 saturated carbocycles. The maximum absolute atomic E-state index is 10.7. The lowest BCUT2D eigenvalue weighted by atomic mass is 10.4. The smallest absolute Gasteiger partial charge is 0.234 e. The number of ether oxygens (including phenoxy) is 1. The van der Waals surface area contributed by atoms with Gasteiger partial charge in [-0.1, -0.05) is 0 Å². The highest BCUT2D eigenvalue weighted by Gasteiger charge is 1.97. The number of nitrogens with one attached hydrogen (secondary N) is 1. The monoisotopic (exact) mass is 231 g/mol. The predicted octanol–water partition coefficient (Wildman–Crippen LogP) is 1.54. The molecule has 1 rings (SSSR count). The highest BCUT2D eigenvalue weighted by molar-refractivity contribution is 6.27. The number of hydrogen-bond acceptors (Lipinski definition) is 3. The fraction of sp³-hybridized carbons (Fsp3) is 0.500. The van der Waals surface area contributed by atoms with Crippen molar-refractivity contribution in [2.24, 2.45) is 0 Å². The van der Waals surface area contributed by atoms with Gasteiger partial charge >= 0.3 is 0 Å². The lowest BCUT2D eigenvalue weighted by Gasteiger charge is -2.03. The molecule has 0 unspecified atom stereocenters. The Morgan fingerprint density at radius 1 is 1.60 bits per heavy atom. The van der Waals surface area contributed by atoms with Crippen molar-refractivity contribution in [2.45, 2.75) is 13.0 Å². The van der Waals surface area contributed by atoms with Gasteiger partial charge in [0.15, 0.2) is 0 Å². The molecule has 4 nitrogen and oxygen atoms in total. The van der Waals surface area contributed by atoms with Crippen LogP contribution < -0.4 is 5.32 Å². The van der Waals surface area contributed by atoms with E-state index in [-0.39, 0.29) is 11.8 Å². The first kappa shape index (κ1) is 12.1. The molecule has 15 heavy (non-hydrogen) atoms. The summed E-state index contributed by atoms with van der Waals surface area (Å²) in [7, 11) is 0. The highest BCUT2D eigenvalue weighted by atomic mass is 35.5. The summed E-state index contributed by atoms with van der Waals surface area (Å²) in [5.74, 6) is 0.662. The highest BCUT2D eigenvalue weighted by Crippen LogP contribution is 2.01. The topological polar surface area (TPSA) is 51.5 Å². The van der Waals surface area contributed by atoms with Gasteiger partial charge < -0.3 is 14.5 Å². The molecule has 0 aromatic carbocycles. The van der Waals surface area contributed by atoms with Gasteiger partial charge in [-0.15, -0.1) is 11.6 Å². The van der Waals surface area contributed by atoms with Crippen molar-refractivity contribution in [1.29, 1.82) is 0 Å². The number of halogens is 1. The summed E-state index contributed by atoms with van der Waals surface area (Å²) in [5.41, 5.74) is 0. The number of carbonyl (C=O) groups excluding carboxylic acids is 1. The van der Waals surface area contributed by atoms with Crippen molar-refractivity contribution >= 4 is 17.5 Å². The Bertz CT molecular complexity index is 274. The fourth-order valence-corrected chi connectivity index (χ4v) is 1.11. The van der Waals surface area contributed by atoms with Gasteiger partial charge in [0.25, 0.3) is 0 Å². The number of amides is 1. The van der Waals surface area contributed by atoms with E-state index in [9.17, 15) is 4.79 Å². The summed E-state index contributed by atoms with van der Waals surface area (Å²) >= 11 is 5.30. The summed E-state index contributed by atoms with van der Waals surface area (Å²) in [5, 5.41) is 2.65. The van der Waals surface area contributed by atoms with Crippen molar-refractivity contribution < 1.29 is 13.9 Å². The van der Waals surface area contributed by atoms with Crippen LogP contribution in [0, 0.1) is 0 Å². The van der Waals surface area contributed by atoms with E-state index in [0.717, 1.165) is 12.2 Å². The zero-order valence-electron chi connectivity index (χ0n) is 8.37. The van der Waals surface area contributed by atoms with Crippen LogP contribution in [0.25, 0.3) is 0 Å². The van der Waals surface area contributed by atoms with Crippen molar-refractivity contribution in [1.82, 2.24) is 5.32 Å². The summed E-state index contributed by atoms with van der Waals surface area (Å²) in [6.45, 7) is 1.64. The molecule has 0 atom stereocenters. The average molecular weight is 232 g/mol. The maximum Gasteiger partial charge on any atom is 0.234 e. The van der Waals surface area contributed by atoms with Gasteiger partial charge in [0.1, 0.15) is 18.2 Å². The average Bonchev–Trinajstić information content (AvgIpc) is 2.75. The van der Waals surface area contributed by atoms with Crippen molar-refractivity contribution in [3.63, 3.8) is 0 Å². The molecule has 1 amide bonds. The molecule has 0 aliphatic heterocycles. The number of carbonyl (C=O) groups is 1. The van der Waals surface area contributed by atoms with Crippen molar-refractivity contribution in [2.75, 3.05) is 19.0 Å². The van der Waals surface area contributed by atoms with Crippen molar-refractivity contribution in [3.8, 4) is 0 Å². The van der Waals surface area contributed by atoms with Gasteiger partial charge in [-0.2, -0.15) is 0 Å². The first-order chi connectivity index (χ1) is 7.33. The summed E-state index contributed by atoms with van der Waals surface area (Å²) in [6.07, 6.45) is 2.38. The quantitative estimate of drug-likeness (QED) is 0.572. The van der Waals surface area contributed by atoms with E-state index in [1.807, 2.05) is 12.1 Å². The van der Waals surface area contributed by atoms with Gasteiger partial charge in [0, 0.05) is 13.2 Å². The van der Waals surface area contributed by atoms with E-state index in [0.29, 0.717) is 19.8 Å². The van der Waals surface area contributed by atoms with E-state index in [1.165, 1.54) is 0 Å². The molecular formula is C10H14ClNO3. The zero-order chi connectivity index (χ0) is 10.9.